The second-order valence-electron chi connectivity index (χ2n) is 2.83. The Kier molecular flexibility index (Phi) is 6.11. The van der Waals surface area contributed by atoms with Crippen molar-refractivity contribution in [2.45, 2.75) is 18.7 Å². The predicted octanol–water partition coefficient (Wildman–Crippen LogP) is 0.682. The number of hydrogen-bond acceptors (Lipinski definition) is 2. The van der Waals surface area contributed by atoms with Gasteiger partial charge in [-0.15, -0.1) is 11.6 Å². The van der Waals surface area contributed by atoms with Crippen LogP contribution in [0.25, 0.3) is 0 Å². The maximum atomic E-state index is 11.2. The van der Waals surface area contributed by atoms with Crippen molar-refractivity contribution in [3.63, 3.8) is 0 Å². The Balaban J connectivity index is 3.57. The molecule has 0 fully saturated rings. The molecule has 1 unspecified atom stereocenters. The van der Waals surface area contributed by atoms with Crippen LogP contribution < -0.4 is 5.32 Å². The van der Waals surface area contributed by atoms with E-state index >= 15 is 0 Å². The summed E-state index contributed by atoms with van der Waals surface area (Å²) in [6.45, 7) is 3.38. The molecule has 0 rings (SSSR count). The first-order valence-electron chi connectivity index (χ1n) is 4.13. The molecule has 0 radical (unpaired) electrons. The number of hydrogen-bond donors (Lipinski definition) is 1. The first-order valence-corrected chi connectivity index (χ1v) is 4.57. The summed E-state index contributed by atoms with van der Waals surface area (Å²) in [5.74, 6) is -0.00669. The molecule has 0 spiro atoms. The molecule has 0 saturated carbocycles. The fourth-order valence-electron chi connectivity index (χ4n) is 0.907. The summed E-state index contributed by atoms with van der Waals surface area (Å²) in [6.07, 6.45) is 0.961. The lowest BCUT2D eigenvalue weighted by molar-refractivity contribution is -0.129. The zero-order valence-electron chi connectivity index (χ0n) is 7.93. The molecule has 0 saturated heterocycles. The van der Waals surface area contributed by atoms with Gasteiger partial charge in [-0.1, -0.05) is 0 Å². The Bertz CT molecular complexity index is 139. The number of carbonyl (C=O) groups is 1. The van der Waals surface area contributed by atoms with E-state index in [-0.39, 0.29) is 5.91 Å². The minimum Gasteiger partial charge on any atom is -0.344 e. The van der Waals surface area contributed by atoms with E-state index in [0.29, 0.717) is 0 Å². The van der Waals surface area contributed by atoms with Gasteiger partial charge in [-0.2, -0.15) is 0 Å². The molecule has 0 heterocycles. The molecule has 1 atom stereocenters. The Morgan fingerprint density at radius 3 is 2.67 bits per heavy atom. The van der Waals surface area contributed by atoms with Crippen molar-refractivity contribution in [2.24, 2.45) is 0 Å². The Hall–Kier alpha value is -0.280. The number of rotatable bonds is 5. The largest absolute Gasteiger partial charge is 0.344 e. The Morgan fingerprint density at radius 2 is 2.25 bits per heavy atom. The average Bonchev–Trinajstić information content (AvgIpc) is 2.03. The third-order valence-corrected chi connectivity index (χ3v) is 1.82. The molecule has 72 valence electrons. The number of nitrogens with zero attached hydrogens (tertiary/aromatic N) is 1. The summed E-state index contributed by atoms with van der Waals surface area (Å²) in [4.78, 5) is 12.9. The van der Waals surface area contributed by atoms with E-state index in [1.54, 1.807) is 18.9 Å². The maximum Gasteiger partial charge on any atom is 0.240 e. The molecular formula is C8H17ClN2O. The lowest BCUT2D eigenvalue weighted by atomic mass is 10.3. The standard InChI is InChI=1S/C8H17ClN2O/c1-7(9)8(12)11(3)6-4-5-10-2/h7,10H,4-6H2,1-3H3. The summed E-state index contributed by atoms with van der Waals surface area (Å²) in [5.41, 5.74) is 0. The molecule has 0 aromatic rings. The summed E-state index contributed by atoms with van der Waals surface area (Å²) in [7, 11) is 3.67. The molecule has 0 aliphatic heterocycles. The van der Waals surface area contributed by atoms with Gasteiger partial charge in [0, 0.05) is 13.6 Å². The summed E-state index contributed by atoms with van der Waals surface area (Å²) >= 11 is 5.63. The Morgan fingerprint density at radius 1 is 1.67 bits per heavy atom. The van der Waals surface area contributed by atoms with Gasteiger partial charge in [-0.05, 0) is 26.9 Å². The molecule has 0 aromatic heterocycles. The molecule has 1 amide bonds. The highest BCUT2D eigenvalue weighted by molar-refractivity contribution is 6.30. The first kappa shape index (κ1) is 11.7. The van der Waals surface area contributed by atoms with Gasteiger partial charge >= 0.3 is 0 Å². The van der Waals surface area contributed by atoms with Crippen molar-refractivity contribution in [1.82, 2.24) is 10.2 Å². The summed E-state index contributed by atoms with van der Waals surface area (Å²) < 4.78 is 0. The molecule has 1 N–H and O–H groups in total. The first-order chi connectivity index (χ1) is 5.59. The smallest absolute Gasteiger partial charge is 0.240 e. The van der Waals surface area contributed by atoms with Gasteiger partial charge in [0.2, 0.25) is 5.91 Å². The molecule has 4 heteroatoms. The van der Waals surface area contributed by atoms with Crippen LogP contribution in [0.3, 0.4) is 0 Å². The number of amides is 1. The normalized spacial score (nSPS) is 12.7. The maximum absolute atomic E-state index is 11.2. The number of nitrogens with one attached hydrogen (secondary N) is 1. The molecule has 0 aliphatic carbocycles. The van der Waals surface area contributed by atoms with E-state index in [1.807, 2.05) is 7.05 Å². The van der Waals surface area contributed by atoms with Crippen LogP contribution in [0.2, 0.25) is 0 Å². The number of halogens is 1. The van der Waals surface area contributed by atoms with Crippen molar-refractivity contribution in [1.29, 1.82) is 0 Å². The van der Waals surface area contributed by atoms with Gasteiger partial charge < -0.3 is 10.2 Å². The molecule has 12 heavy (non-hydrogen) atoms. The lowest BCUT2D eigenvalue weighted by Gasteiger charge is -2.17. The minimum absolute atomic E-state index is 0.00669. The van der Waals surface area contributed by atoms with E-state index in [4.69, 9.17) is 11.6 Å². The van der Waals surface area contributed by atoms with Gasteiger partial charge in [0.25, 0.3) is 0 Å². The van der Waals surface area contributed by atoms with Crippen LogP contribution in [-0.4, -0.2) is 43.4 Å². The van der Waals surface area contributed by atoms with E-state index < -0.39 is 5.38 Å². The SMILES string of the molecule is CNCCCN(C)C(=O)C(C)Cl. The van der Waals surface area contributed by atoms with Crippen LogP contribution in [0.4, 0.5) is 0 Å². The molecule has 3 nitrogen and oxygen atoms in total. The van der Waals surface area contributed by atoms with Crippen molar-refractivity contribution in [3.8, 4) is 0 Å². The van der Waals surface area contributed by atoms with Crippen molar-refractivity contribution in [3.05, 3.63) is 0 Å². The monoisotopic (exact) mass is 192 g/mol. The fourth-order valence-corrected chi connectivity index (χ4v) is 1.07. The predicted molar refractivity (Wildman–Crippen MR) is 51.5 cm³/mol. The van der Waals surface area contributed by atoms with Crippen molar-refractivity contribution in [2.75, 3.05) is 27.2 Å². The molecular weight excluding hydrogens is 176 g/mol. The Labute approximate surface area is 79.1 Å². The molecule has 0 bridgehead atoms. The van der Waals surface area contributed by atoms with Gasteiger partial charge in [0.1, 0.15) is 5.38 Å². The van der Waals surface area contributed by atoms with Gasteiger partial charge in [-0.3, -0.25) is 4.79 Å². The number of alkyl halides is 1. The van der Waals surface area contributed by atoms with Crippen LogP contribution in [-0.2, 0) is 4.79 Å². The minimum atomic E-state index is -0.412. The molecule has 0 aliphatic rings. The molecule has 0 aromatic carbocycles. The second-order valence-corrected chi connectivity index (χ2v) is 3.49. The third-order valence-electron chi connectivity index (χ3n) is 1.64. The average molecular weight is 193 g/mol. The van der Waals surface area contributed by atoms with Crippen LogP contribution in [0.5, 0.6) is 0 Å². The van der Waals surface area contributed by atoms with Crippen molar-refractivity contribution < 1.29 is 4.79 Å². The van der Waals surface area contributed by atoms with E-state index in [9.17, 15) is 4.79 Å². The van der Waals surface area contributed by atoms with E-state index in [2.05, 4.69) is 5.32 Å². The van der Waals surface area contributed by atoms with E-state index in [0.717, 1.165) is 19.5 Å². The highest BCUT2D eigenvalue weighted by Gasteiger charge is 2.13. The zero-order chi connectivity index (χ0) is 9.56. The van der Waals surface area contributed by atoms with Gasteiger partial charge in [0.15, 0.2) is 0 Å². The highest BCUT2D eigenvalue weighted by atomic mass is 35.5. The van der Waals surface area contributed by atoms with Crippen LogP contribution in [0.1, 0.15) is 13.3 Å². The summed E-state index contributed by atoms with van der Waals surface area (Å²) in [5, 5.41) is 2.61. The summed E-state index contributed by atoms with van der Waals surface area (Å²) in [6, 6.07) is 0. The fraction of sp³-hybridized carbons (Fsp3) is 0.875. The van der Waals surface area contributed by atoms with Crippen LogP contribution in [0, 0.1) is 0 Å². The van der Waals surface area contributed by atoms with Crippen molar-refractivity contribution >= 4 is 17.5 Å². The quantitative estimate of drug-likeness (QED) is 0.514. The third kappa shape index (κ3) is 4.57. The number of carbonyl (C=O) groups excluding carboxylic acids is 1. The van der Waals surface area contributed by atoms with Gasteiger partial charge in [0.05, 0.1) is 0 Å². The second kappa shape index (κ2) is 6.26. The van der Waals surface area contributed by atoms with Gasteiger partial charge in [-0.25, -0.2) is 0 Å². The van der Waals surface area contributed by atoms with Crippen LogP contribution in [0.15, 0.2) is 0 Å². The van der Waals surface area contributed by atoms with Crippen LogP contribution >= 0.6 is 11.6 Å². The topological polar surface area (TPSA) is 32.3 Å². The highest BCUT2D eigenvalue weighted by Crippen LogP contribution is 1.99. The lowest BCUT2D eigenvalue weighted by Crippen LogP contribution is -2.33. The zero-order valence-corrected chi connectivity index (χ0v) is 8.69. The van der Waals surface area contributed by atoms with E-state index in [1.165, 1.54) is 0 Å².